The largest absolute Gasteiger partial charge is 0.506 e. The van der Waals surface area contributed by atoms with Crippen LogP contribution >= 0.6 is 0 Å². The summed E-state index contributed by atoms with van der Waals surface area (Å²) in [5, 5.41) is 15.7. The van der Waals surface area contributed by atoms with Crippen LogP contribution in [0.2, 0.25) is 0 Å². The third-order valence-corrected chi connectivity index (χ3v) is 2.91. The molecule has 1 amide bonds. The maximum absolute atomic E-state index is 11.0. The zero-order valence-corrected chi connectivity index (χ0v) is 9.86. The van der Waals surface area contributed by atoms with Gasteiger partial charge >= 0.3 is 0 Å². The van der Waals surface area contributed by atoms with Crippen LogP contribution in [-0.4, -0.2) is 28.6 Å². The Hall–Kier alpha value is -1.62. The lowest BCUT2D eigenvalue weighted by Gasteiger charge is -2.23. The molecule has 0 aromatic carbocycles. The summed E-state index contributed by atoms with van der Waals surface area (Å²) in [6, 6.07) is 3.69. The van der Waals surface area contributed by atoms with Crippen LogP contribution in [0.5, 0.6) is 5.75 Å². The Bertz CT molecular complexity index is 410. The van der Waals surface area contributed by atoms with Crippen molar-refractivity contribution in [2.45, 2.75) is 32.4 Å². The highest BCUT2D eigenvalue weighted by molar-refractivity contribution is 5.76. The number of aromatic nitrogens is 1. The van der Waals surface area contributed by atoms with Crippen molar-refractivity contribution in [3.05, 3.63) is 23.5 Å². The number of pyridine rings is 1. The molecule has 0 spiro atoms. The Balaban J connectivity index is 1.89. The fourth-order valence-corrected chi connectivity index (χ4v) is 1.88. The number of nitrogens with one attached hydrogen (secondary N) is 2. The van der Waals surface area contributed by atoms with Gasteiger partial charge in [-0.25, -0.2) is 0 Å². The van der Waals surface area contributed by atoms with E-state index in [1.54, 1.807) is 12.1 Å². The number of piperidine rings is 1. The lowest BCUT2D eigenvalue weighted by molar-refractivity contribution is -0.122. The average Bonchev–Trinajstić information content (AvgIpc) is 2.32. The maximum Gasteiger partial charge on any atom is 0.220 e. The van der Waals surface area contributed by atoms with E-state index in [9.17, 15) is 9.90 Å². The molecule has 1 aromatic heterocycles. The summed E-state index contributed by atoms with van der Waals surface area (Å²) in [7, 11) is 0. The van der Waals surface area contributed by atoms with Crippen LogP contribution in [0.3, 0.4) is 0 Å². The van der Waals surface area contributed by atoms with E-state index in [0.29, 0.717) is 25.2 Å². The quantitative estimate of drug-likeness (QED) is 0.711. The van der Waals surface area contributed by atoms with E-state index in [0.717, 1.165) is 12.1 Å². The molecule has 5 nitrogen and oxygen atoms in total. The number of carbonyl (C=O) groups excluding carboxylic acids is 1. The van der Waals surface area contributed by atoms with Crippen molar-refractivity contribution >= 4 is 5.91 Å². The molecule has 1 atom stereocenters. The first-order valence-corrected chi connectivity index (χ1v) is 5.81. The van der Waals surface area contributed by atoms with E-state index >= 15 is 0 Å². The molecule has 0 saturated carbocycles. The van der Waals surface area contributed by atoms with Crippen LogP contribution in [0.4, 0.5) is 0 Å². The fraction of sp³-hybridized carbons (Fsp3) is 0.500. The predicted octanol–water partition coefficient (Wildman–Crippen LogP) is 0.464. The van der Waals surface area contributed by atoms with Gasteiger partial charge in [0.15, 0.2) is 0 Å². The van der Waals surface area contributed by atoms with Crippen molar-refractivity contribution in [3.8, 4) is 5.75 Å². The van der Waals surface area contributed by atoms with Gasteiger partial charge in [0.05, 0.1) is 5.69 Å². The van der Waals surface area contributed by atoms with Crippen molar-refractivity contribution in [2.75, 3.05) is 6.54 Å². The minimum absolute atomic E-state index is 0.111. The van der Waals surface area contributed by atoms with E-state index in [1.165, 1.54) is 0 Å². The number of rotatable bonds is 3. The molecule has 1 saturated heterocycles. The highest BCUT2D eigenvalue weighted by Crippen LogP contribution is 2.15. The molecule has 0 bridgehead atoms. The van der Waals surface area contributed by atoms with E-state index in [4.69, 9.17) is 0 Å². The molecule has 0 aliphatic carbocycles. The lowest BCUT2D eigenvalue weighted by atomic mass is 10.1. The van der Waals surface area contributed by atoms with Gasteiger partial charge in [0, 0.05) is 31.2 Å². The molecule has 1 unspecified atom stereocenters. The zero-order valence-electron chi connectivity index (χ0n) is 9.86. The highest BCUT2D eigenvalue weighted by atomic mass is 16.3. The first-order chi connectivity index (χ1) is 8.15. The van der Waals surface area contributed by atoms with E-state index in [1.807, 2.05) is 6.92 Å². The summed E-state index contributed by atoms with van der Waals surface area (Å²) in [5.41, 5.74) is 1.54. The normalized spacial score (nSPS) is 20.1. The minimum atomic E-state index is 0.111. The molecule has 1 aliphatic heterocycles. The van der Waals surface area contributed by atoms with Crippen molar-refractivity contribution in [3.63, 3.8) is 0 Å². The van der Waals surface area contributed by atoms with Crippen LogP contribution in [-0.2, 0) is 11.3 Å². The van der Waals surface area contributed by atoms with Gasteiger partial charge in [0.1, 0.15) is 5.75 Å². The van der Waals surface area contributed by atoms with Gasteiger partial charge in [0.25, 0.3) is 0 Å². The monoisotopic (exact) mass is 235 g/mol. The number of nitrogens with zero attached hydrogens (tertiary/aromatic N) is 1. The van der Waals surface area contributed by atoms with Gasteiger partial charge in [-0.2, -0.15) is 0 Å². The Morgan fingerprint density at radius 3 is 3.12 bits per heavy atom. The molecule has 0 radical (unpaired) electrons. The molecule has 17 heavy (non-hydrogen) atoms. The second-order valence-electron chi connectivity index (χ2n) is 4.34. The second kappa shape index (κ2) is 5.14. The van der Waals surface area contributed by atoms with Gasteiger partial charge in [-0.05, 0) is 25.5 Å². The van der Waals surface area contributed by atoms with Crippen LogP contribution in [0.1, 0.15) is 24.2 Å². The van der Waals surface area contributed by atoms with Gasteiger partial charge in [-0.15, -0.1) is 0 Å². The molecule has 1 fully saturated rings. The molecular formula is C12H17N3O2. The standard InChI is InChI=1S/C12H17N3O2/c1-8-2-4-11(16)10(15-8)7-13-9-3-5-12(17)14-6-9/h2,4,9,13,16H,3,5-7H2,1H3,(H,14,17). The number of hydrogen-bond acceptors (Lipinski definition) is 4. The van der Waals surface area contributed by atoms with E-state index < -0.39 is 0 Å². The molecule has 5 heteroatoms. The number of amides is 1. The van der Waals surface area contributed by atoms with Crippen LogP contribution in [0, 0.1) is 6.92 Å². The van der Waals surface area contributed by atoms with Gasteiger partial charge in [-0.3, -0.25) is 9.78 Å². The smallest absolute Gasteiger partial charge is 0.220 e. The summed E-state index contributed by atoms with van der Waals surface area (Å²) in [4.78, 5) is 15.3. The lowest BCUT2D eigenvalue weighted by Crippen LogP contribution is -2.45. The first kappa shape index (κ1) is 11.9. The van der Waals surface area contributed by atoms with Gasteiger partial charge < -0.3 is 15.7 Å². The number of carbonyl (C=O) groups is 1. The number of aromatic hydroxyl groups is 1. The van der Waals surface area contributed by atoms with Gasteiger partial charge in [0.2, 0.25) is 5.91 Å². The Kier molecular flexibility index (Phi) is 3.58. The van der Waals surface area contributed by atoms with E-state index in [-0.39, 0.29) is 17.7 Å². The van der Waals surface area contributed by atoms with Crippen LogP contribution in [0.15, 0.2) is 12.1 Å². The summed E-state index contributed by atoms with van der Waals surface area (Å²) in [5.74, 6) is 0.322. The Morgan fingerprint density at radius 1 is 1.59 bits per heavy atom. The molecule has 3 N–H and O–H groups in total. The third-order valence-electron chi connectivity index (χ3n) is 2.91. The van der Waals surface area contributed by atoms with Crippen molar-refractivity contribution in [1.82, 2.24) is 15.6 Å². The molecule has 2 rings (SSSR count). The Morgan fingerprint density at radius 2 is 2.41 bits per heavy atom. The topological polar surface area (TPSA) is 74.2 Å². The summed E-state index contributed by atoms with van der Waals surface area (Å²) >= 11 is 0. The number of aryl methyl sites for hydroxylation is 1. The molecule has 1 aromatic rings. The summed E-state index contributed by atoms with van der Waals surface area (Å²) in [6.45, 7) is 3.06. The fourth-order valence-electron chi connectivity index (χ4n) is 1.88. The Labute approximate surface area is 100 Å². The number of hydrogen-bond donors (Lipinski definition) is 3. The first-order valence-electron chi connectivity index (χ1n) is 5.81. The van der Waals surface area contributed by atoms with Gasteiger partial charge in [-0.1, -0.05) is 0 Å². The highest BCUT2D eigenvalue weighted by Gasteiger charge is 2.17. The minimum Gasteiger partial charge on any atom is -0.506 e. The molecule has 92 valence electrons. The third kappa shape index (κ3) is 3.17. The average molecular weight is 235 g/mol. The molecule has 2 heterocycles. The summed E-state index contributed by atoms with van der Waals surface area (Å²) < 4.78 is 0. The SMILES string of the molecule is Cc1ccc(O)c(CNC2CCC(=O)NC2)n1. The summed E-state index contributed by atoms with van der Waals surface area (Å²) in [6.07, 6.45) is 1.39. The van der Waals surface area contributed by atoms with Crippen molar-refractivity contribution in [1.29, 1.82) is 0 Å². The second-order valence-corrected chi connectivity index (χ2v) is 4.34. The van der Waals surface area contributed by atoms with Crippen LogP contribution < -0.4 is 10.6 Å². The zero-order chi connectivity index (χ0) is 12.3. The maximum atomic E-state index is 11.0. The van der Waals surface area contributed by atoms with Crippen LogP contribution in [0.25, 0.3) is 0 Å². The molecule has 1 aliphatic rings. The van der Waals surface area contributed by atoms with E-state index in [2.05, 4.69) is 15.6 Å². The van der Waals surface area contributed by atoms with Crippen molar-refractivity contribution in [2.24, 2.45) is 0 Å². The predicted molar refractivity (Wildman–Crippen MR) is 63.5 cm³/mol. The van der Waals surface area contributed by atoms with Crippen molar-refractivity contribution < 1.29 is 9.90 Å². The molecular weight excluding hydrogens is 218 g/mol.